The molecule has 0 spiro atoms. The predicted molar refractivity (Wildman–Crippen MR) is 76.5 cm³/mol. The normalized spacial score (nSPS) is 11.1. The summed E-state index contributed by atoms with van der Waals surface area (Å²) in [6.45, 7) is 4.25. The van der Waals surface area contributed by atoms with Gasteiger partial charge in [-0.1, -0.05) is 0 Å². The third-order valence-electron chi connectivity index (χ3n) is 3.35. The Labute approximate surface area is 120 Å². The average molecular weight is 294 g/mol. The van der Waals surface area contributed by atoms with Gasteiger partial charge in [0.1, 0.15) is 11.3 Å². The topological polar surface area (TPSA) is 110 Å². The SMILES string of the molecule is CCn1c(=O)c2[nH]c(CCCC(=O)O)nc2n(CC)c1=O. The van der Waals surface area contributed by atoms with Gasteiger partial charge in [0, 0.05) is 25.9 Å². The number of carbonyl (C=O) groups is 1. The third-order valence-corrected chi connectivity index (χ3v) is 3.35. The lowest BCUT2D eigenvalue weighted by molar-refractivity contribution is -0.137. The largest absolute Gasteiger partial charge is 0.481 e. The van der Waals surface area contributed by atoms with Gasteiger partial charge in [0.15, 0.2) is 5.65 Å². The van der Waals surface area contributed by atoms with Crippen molar-refractivity contribution in [3.05, 3.63) is 26.7 Å². The number of aromatic nitrogens is 4. The Bertz CT molecular complexity index is 784. The summed E-state index contributed by atoms with van der Waals surface area (Å²) in [5, 5.41) is 8.63. The van der Waals surface area contributed by atoms with E-state index in [1.54, 1.807) is 6.92 Å². The number of hydrogen-bond donors (Lipinski definition) is 2. The number of aromatic amines is 1. The number of nitrogens with one attached hydrogen (secondary N) is 1. The maximum atomic E-state index is 12.2. The van der Waals surface area contributed by atoms with Crippen LogP contribution in [0.15, 0.2) is 9.59 Å². The van der Waals surface area contributed by atoms with Gasteiger partial charge in [-0.05, 0) is 20.3 Å². The molecule has 2 heterocycles. The fourth-order valence-corrected chi connectivity index (χ4v) is 2.30. The zero-order chi connectivity index (χ0) is 15.6. The van der Waals surface area contributed by atoms with Gasteiger partial charge in [0.2, 0.25) is 0 Å². The minimum Gasteiger partial charge on any atom is -0.481 e. The van der Waals surface area contributed by atoms with Gasteiger partial charge < -0.3 is 10.1 Å². The van der Waals surface area contributed by atoms with E-state index in [2.05, 4.69) is 9.97 Å². The molecule has 0 amide bonds. The number of aryl methyl sites for hydroxylation is 2. The van der Waals surface area contributed by atoms with Gasteiger partial charge in [-0.25, -0.2) is 9.78 Å². The van der Waals surface area contributed by atoms with E-state index in [1.165, 1.54) is 4.57 Å². The summed E-state index contributed by atoms with van der Waals surface area (Å²) in [5.41, 5.74) is -0.133. The summed E-state index contributed by atoms with van der Waals surface area (Å²) in [6.07, 6.45) is 0.884. The molecular weight excluding hydrogens is 276 g/mol. The van der Waals surface area contributed by atoms with Crippen LogP contribution < -0.4 is 11.2 Å². The molecule has 8 nitrogen and oxygen atoms in total. The molecule has 21 heavy (non-hydrogen) atoms. The van der Waals surface area contributed by atoms with E-state index in [9.17, 15) is 14.4 Å². The minimum absolute atomic E-state index is 0.0385. The van der Waals surface area contributed by atoms with Crippen molar-refractivity contribution in [2.45, 2.75) is 46.2 Å². The lowest BCUT2D eigenvalue weighted by Gasteiger charge is -2.06. The van der Waals surface area contributed by atoms with Gasteiger partial charge in [-0.3, -0.25) is 18.7 Å². The lowest BCUT2D eigenvalue weighted by Crippen LogP contribution is -2.39. The predicted octanol–water partition coefficient (Wildman–Crippen LogP) is 0.333. The summed E-state index contributed by atoms with van der Waals surface area (Å²) in [6, 6.07) is 0. The van der Waals surface area contributed by atoms with Crippen molar-refractivity contribution in [2.24, 2.45) is 0 Å². The van der Waals surface area contributed by atoms with Crippen molar-refractivity contribution in [2.75, 3.05) is 0 Å². The number of hydrogen-bond acceptors (Lipinski definition) is 4. The first kappa shape index (κ1) is 15.0. The first-order valence-electron chi connectivity index (χ1n) is 6.93. The highest BCUT2D eigenvalue weighted by Crippen LogP contribution is 2.08. The van der Waals surface area contributed by atoms with E-state index in [0.717, 1.165) is 4.57 Å². The molecule has 8 heteroatoms. The number of carboxylic acids is 1. The van der Waals surface area contributed by atoms with Crippen LogP contribution in [-0.4, -0.2) is 30.2 Å². The van der Waals surface area contributed by atoms with Gasteiger partial charge >= 0.3 is 11.7 Å². The van der Waals surface area contributed by atoms with Crippen molar-refractivity contribution in [3.63, 3.8) is 0 Å². The summed E-state index contributed by atoms with van der Waals surface area (Å²) >= 11 is 0. The van der Waals surface area contributed by atoms with Crippen LogP contribution in [0, 0.1) is 0 Å². The fraction of sp³-hybridized carbons (Fsp3) is 0.538. The summed E-state index contributed by atoms with van der Waals surface area (Å²) < 4.78 is 2.60. The van der Waals surface area contributed by atoms with E-state index >= 15 is 0 Å². The zero-order valence-corrected chi connectivity index (χ0v) is 12.0. The molecule has 2 aromatic rings. The Kier molecular flexibility index (Phi) is 4.25. The Hall–Kier alpha value is -2.38. The Morgan fingerprint density at radius 1 is 1.24 bits per heavy atom. The number of rotatable bonds is 6. The molecule has 2 rings (SSSR count). The second-order valence-corrected chi connectivity index (χ2v) is 4.71. The van der Waals surface area contributed by atoms with Gasteiger partial charge in [0.25, 0.3) is 5.56 Å². The number of H-pyrrole nitrogens is 1. The van der Waals surface area contributed by atoms with Gasteiger partial charge in [-0.2, -0.15) is 0 Å². The summed E-state index contributed by atoms with van der Waals surface area (Å²) in [7, 11) is 0. The van der Waals surface area contributed by atoms with Crippen LogP contribution in [0.25, 0.3) is 11.2 Å². The molecular formula is C13H18N4O4. The Morgan fingerprint density at radius 3 is 2.48 bits per heavy atom. The molecule has 0 bridgehead atoms. The molecule has 0 fully saturated rings. The van der Waals surface area contributed by atoms with Crippen molar-refractivity contribution in [3.8, 4) is 0 Å². The van der Waals surface area contributed by atoms with Crippen LogP contribution in [0.2, 0.25) is 0 Å². The van der Waals surface area contributed by atoms with Crippen LogP contribution in [-0.2, 0) is 24.3 Å². The third kappa shape index (κ3) is 2.74. The van der Waals surface area contributed by atoms with Gasteiger partial charge in [0.05, 0.1) is 0 Å². The molecule has 0 saturated heterocycles. The number of imidazole rings is 1. The minimum atomic E-state index is -0.870. The average Bonchev–Trinajstić information content (AvgIpc) is 2.83. The van der Waals surface area contributed by atoms with Crippen molar-refractivity contribution in [1.29, 1.82) is 0 Å². The van der Waals surface area contributed by atoms with Crippen LogP contribution in [0.4, 0.5) is 0 Å². The highest BCUT2D eigenvalue weighted by atomic mass is 16.4. The van der Waals surface area contributed by atoms with Crippen molar-refractivity contribution >= 4 is 17.1 Å². The van der Waals surface area contributed by atoms with Crippen molar-refractivity contribution < 1.29 is 9.90 Å². The standard InChI is InChI=1S/C13H18N4O4/c1-3-16-11-10(12(20)17(4-2)13(16)21)14-8(15-11)6-5-7-9(18)19/h3-7H2,1-2H3,(H,14,15)(H,18,19). The highest BCUT2D eigenvalue weighted by Gasteiger charge is 2.15. The molecule has 114 valence electrons. The molecule has 2 aromatic heterocycles. The Morgan fingerprint density at radius 2 is 1.90 bits per heavy atom. The zero-order valence-electron chi connectivity index (χ0n) is 12.0. The molecule has 2 N–H and O–H groups in total. The molecule has 0 atom stereocenters. The molecule has 0 unspecified atom stereocenters. The lowest BCUT2D eigenvalue weighted by atomic mass is 10.2. The van der Waals surface area contributed by atoms with E-state index < -0.39 is 5.97 Å². The number of aliphatic carboxylic acids is 1. The van der Waals surface area contributed by atoms with Crippen LogP contribution in [0.1, 0.15) is 32.5 Å². The fourth-order valence-electron chi connectivity index (χ4n) is 2.30. The maximum Gasteiger partial charge on any atom is 0.332 e. The second kappa shape index (κ2) is 5.94. The first-order valence-corrected chi connectivity index (χ1v) is 6.93. The first-order chi connectivity index (χ1) is 9.99. The second-order valence-electron chi connectivity index (χ2n) is 4.71. The highest BCUT2D eigenvalue weighted by molar-refractivity contribution is 5.70. The number of nitrogens with zero attached hydrogens (tertiary/aromatic N) is 3. The molecule has 0 aliphatic heterocycles. The van der Waals surface area contributed by atoms with Gasteiger partial charge in [-0.15, -0.1) is 0 Å². The van der Waals surface area contributed by atoms with Crippen LogP contribution in [0.5, 0.6) is 0 Å². The smallest absolute Gasteiger partial charge is 0.332 e. The number of fused-ring (bicyclic) bond motifs is 1. The summed E-state index contributed by atoms with van der Waals surface area (Å²) in [4.78, 5) is 42.1. The quantitative estimate of drug-likeness (QED) is 0.798. The van der Waals surface area contributed by atoms with Crippen LogP contribution in [0.3, 0.4) is 0 Å². The molecule has 0 radical (unpaired) electrons. The van der Waals surface area contributed by atoms with E-state index in [0.29, 0.717) is 42.9 Å². The number of carboxylic acid groups (broad SMARTS) is 1. The molecule has 0 aromatic carbocycles. The van der Waals surface area contributed by atoms with E-state index in [-0.39, 0.29) is 17.7 Å². The van der Waals surface area contributed by atoms with E-state index in [4.69, 9.17) is 5.11 Å². The van der Waals surface area contributed by atoms with Crippen molar-refractivity contribution in [1.82, 2.24) is 19.1 Å². The van der Waals surface area contributed by atoms with E-state index in [1.807, 2.05) is 6.92 Å². The maximum absolute atomic E-state index is 12.2. The van der Waals surface area contributed by atoms with Crippen LogP contribution >= 0.6 is 0 Å². The molecule has 0 saturated carbocycles. The molecule has 0 aliphatic carbocycles. The monoisotopic (exact) mass is 294 g/mol. The summed E-state index contributed by atoms with van der Waals surface area (Å²) in [5.74, 6) is -0.344. The Balaban J connectivity index is 2.51. The molecule has 0 aliphatic rings.